The quantitative estimate of drug-likeness (QED) is 0.406. The van der Waals surface area contributed by atoms with Crippen molar-refractivity contribution in [3.05, 3.63) is 0 Å². The number of rotatable bonds is 1. The molecule has 0 aromatic heterocycles. The van der Waals surface area contributed by atoms with Gasteiger partial charge in [0, 0.05) is 0 Å². The molecule has 1 aliphatic rings. The Morgan fingerprint density at radius 2 is 2.56 bits per heavy atom. The Morgan fingerprint density at radius 1 is 1.89 bits per heavy atom. The molecular weight excluding hydrogens is 128 g/mol. The van der Waals surface area contributed by atoms with Crippen molar-refractivity contribution in [1.29, 1.82) is 0 Å². The Morgan fingerprint density at radius 3 is 2.78 bits per heavy atom. The van der Waals surface area contributed by atoms with Gasteiger partial charge in [0.15, 0.2) is 0 Å². The van der Waals surface area contributed by atoms with Gasteiger partial charge in [0.2, 0.25) is 0 Å². The van der Waals surface area contributed by atoms with E-state index in [9.17, 15) is 4.79 Å². The molecule has 1 unspecified atom stereocenters. The third-order valence-electron chi connectivity index (χ3n) is 0.969. The number of hydrogen-bond acceptors (Lipinski definition) is 5. The first-order chi connectivity index (χ1) is 4.16. The molecule has 0 aliphatic carbocycles. The highest BCUT2D eigenvalue weighted by Gasteiger charge is 2.40. The summed E-state index contributed by atoms with van der Waals surface area (Å²) >= 11 is 0. The van der Waals surface area contributed by atoms with E-state index in [0.717, 1.165) is 0 Å². The van der Waals surface area contributed by atoms with Crippen molar-refractivity contribution in [1.82, 2.24) is 0 Å². The van der Waals surface area contributed by atoms with E-state index >= 15 is 0 Å². The summed E-state index contributed by atoms with van der Waals surface area (Å²) in [5.41, 5.74) is 0. The van der Waals surface area contributed by atoms with E-state index < -0.39 is 11.8 Å². The lowest BCUT2D eigenvalue weighted by Crippen LogP contribution is -2.25. The molecule has 0 bridgehead atoms. The molecule has 1 saturated heterocycles. The monoisotopic (exact) mass is 134 g/mol. The Kier molecular flexibility index (Phi) is 1.40. The van der Waals surface area contributed by atoms with Crippen molar-refractivity contribution in [2.75, 3.05) is 0 Å². The minimum absolute atomic E-state index is 0.0938. The minimum atomic E-state index is -1.31. The minimum Gasteiger partial charge on any atom is -0.295 e. The topological polar surface area (TPSA) is 65.0 Å². The maximum absolute atomic E-state index is 10.3. The van der Waals surface area contributed by atoms with E-state index in [1.165, 1.54) is 6.92 Å². The molecule has 0 radical (unpaired) electrons. The Hall–Kier alpha value is -0.650. The summed E-state index contributed by atoms with van der Waals surface area (Å²) in [5.74, 6) is -1.86. The standard InChI is InChI=1S/C4H6O5/c1-4(8-6)2-3(5)7-9-4/h6H,2H2,1H3. The van der Waals surface area contributed by atoms with E-state index in [0.29, 0.717) is 0 Å². The van der Waals surface area contributed by atoms with E-state index in [2.05, 4.69) is 14.7 Å². The fraction of sp³-hybridized carbons (Fsp3) is 0.750. The van der Waals surface area contributed by atoms with Crippen molar-refractivity contribution in [2.24, 2.45) is 0 Å². The van der Waals surface area contributed by atoms with Gasteiger partial charge in [0.05, 0.1) is 0 Å². The third-order valence-corrected chi connectivity index (χ3v) is 0.969. The first-order valence-electron chi connectivity index (χ1n) is 2.37. The Bertz CT molecular complexity index is 133. The van der Waals surface area contributed by atoms with Gasteiger partial charge in [-0.2, -0.15) is 4.89 Å². The average Bonchev–Trinajstić information content (AvgIpc) is 2.13. The van der Waals surface area contributed by atoms with Crippen LogP contribution in [-0.2, 0) is 19.5 Å². The Balaban J connectivity index is 2.54. The highest BCUT2D eigenvalue weighted by atomic mass is 17.3. The van der Waals surface area contributed by atoms with E-state index in [-0.39, 0.29) is 6.42 Å². The number of carbonyl (C=O) groups is 1. The summed E-state index contributed by atoms with van der Waals surface area (Å²) < 4.78 is 0. The van der Waals surface area contributed by atoms with Crippen molar-refractivity contribution in [3.63, 3.8) is 0 Å². The zero-order valence-corrected chi connectivity index (χ0v) is 4.79. The SMILES string of the molecule is CC1(OO)CC(=O)OO1. The third kappa shape index (κ3) is 1.18. The molecule has 1 N–H and O–H groups in total. The molecule has 1 fully saturated rings. The first kappa shape index (κ1) is 6.47. The molecule has 52 valence electrons. The smallest absolute Gasteiger partial charge is 0.295 e. The summed E-state index contributed by atoms with van der Waals surface area (Å²) in [4.78, 5) is 22.4. The number of hydrogen-bond donors (Lipinski definition) is 1. The van der Waals surface area contributed by atoms with Crippen LogP contribution in [0.15, 0.2) is 0 Å². The predicted molar refractivity (Wildman–Crippen MR) is 23.9 cm³/mol. The summed E-state index contributed by atoms with van der Waals surface area (Å²) in [6.07, 6.45) is -0.0938. The number of carbonyl (C=O) groups excluding carboxylic acids is 1. The van der Waals surface area contributed by atoms with Gasteiger partial charge in [-0.15, -0.1) is 4.89 Å². The van der Waals surface area contributed by atoms with Crippen LogP contribution >= 0.6 is 0 Å². The van der Waals surface area contributed by atoms with Crippen LogP contribution in [0.4, 0.5) is 0 Å². The first-order valence-corrected chi connectivity index (χ1v) is 2.37. The van der Waals surface area contributed by atoms with Gasteiger partial charge in [-0.25, -0.2) is 10.1 Å². The van der Waals surface area contributed by atoms with E-state index in [1.807, 2.05) is 0 Å². The van der Waals surface area contributed by atoms with Gasteiger partial charge < -0.3 is 0 Å². The van der Waals surface area contributed by atoms with Gasteiger partial charge in [-0.1, -0.05) is 0 Å². The maximum Gasteiger partial charge on any atom is 0.348 e. The molecule has 0 spiro atoms. The largest absolute Gasteiger partial charge is 0.348 e. The van der Waals surface area contributed by atoms with Crippen LogP contribution in [0.25, 0.3) is 0 Å². The zero-order chi connectivity index (χ0) is 6.91. The van der Waals surface area contributed by atoms with E-state index in [1.54, 1.807) is 0 Å². The zero-order valence-electron chi connectivity index (χ0n) is 4.79. The fourth-order valence-corrected chi connectivity index (χ4v) is 0.503. The molecule has 0 aromatic carbocycles. The summed E-state index contributed by atoms with van der Waals surface area (Å²) in [6.45, 7) is 1.39. The lowest BCUT2D eigenvalue weighted by Gasteiger charge is -2.11. The molecule has 1 rings (SSSR count). The van der Waals surface area contributed by atoms with E-state index in [4.69, 9.17) is 5.26 Å². The molecule has 1 heterocycles. The molecule has 0 amide bonds. The predicted octanol–water partition coefficient (Wildman–Crippen LogP) is 0.0707. The second kappa shape index (κ2) is 1.94. The van der Waals surface area contributed by atoms with Gasteiger partial charge in [-0.05, 0) is 6.92 Å². The van der Waals surface area contributed by atoms with Crippen molar-refractivity contribution in [3.8, 4) is 0 Å². The molecule has 9 heavy (non-hydrogen) atoms. The van der Waals surface area contributed by atoms with Crippen LogP contribution in [0.5, 0.6) is 0 Å². The van der Waals surface area contributed by atoms with Crippen LogP contribution in [0, 0.1) is 0 Å². The molecule has 5 heteroatoms. The molecule has 0 aromatic rings. The second-order valence-electron chi connectivity index (χ2n) is 1.94. The van der Waals surface area contributed by atoms with Gasteiger partial charge >= 0.3 is 5.97 Å². The lowest BCUT2D eigenvalue weighted by molar-refractivity contribution is -0.452. The molecule has 1 atom stereocenters. The molecule has 0 saturated carbocycles. The van der Waals surface area contributed by atoms with Crippen LogP contribution in [-0.4, -0.2) is 17.0 Å². The molecule has 5 nitrogen and oxygen atoms in total. The van der Waals surface area contributed by atoms with Crippen molar-refractivity contribution in [2.45, 2.75) is 19.1 Å². The molecular formula is C4H6O5. The van der Waals surface area contributed by atoms with Gasteiger partial charge in [0.25, 0.3) is 5.79 Å². The van der Waals surface area contributed by atoms with Crippen LogP contribution in [0.2, 0.25) is 0 Å². The average molecular weight is 134 g/mol. The normalized spacial score (nSPS) is 34.7. The summed E-state index contributed by atoms with van der Waals surface area (Å²) in [7, 11) is 0. The maximum atomic E-state index is 10.3. The van der Waals surface area contributed by atoms with Gasteiger partial charge in [-0.3, -0.25) is 4.89 Å². The highest BCUT2D eigenvalue weighted by Crippen LogP contribution is 2.23. The Labute approximate surface area is 51.0 Å². The summed E-state index contributed by atoms with van der Waals surface area (Å²) in [5, 5.41) is 8.09. The van der Waals surface area contributed by atoms with Crippen LogP contribution < -0.4 is 0 Å². The summed E-state index contributed by atoms with van der Waals surface area (Å²) in [6, 6.07) is 0. The highest BCUT2D eigenvalue weighted by molar-refractivity contribution is 5.70. The fourth-order valence-electron chi connectivity index (χ4n) is 0.503. The van der Waals surface area contributed by atoms with Gasteiger partial charge in [0.1, 0.15) is 6.42 Å². The van der Waals surface area contributed by atoms with Crippen molar-refractivity contribution < 1.29 is 24.7 Å². The van der Waals surface area contributed by atoms with Crippen LogP contribution in [0.3, 0.4) is 0 Å². The van der Waals surface area contributed by atoms with Crippen molar-refractivity contribution >= 4 is 5.97 Å². The lowest BCUT2D eigenvalue weighted by atomic mass is 10.2. The van der Waals surface area contributed by atoms with Crippen LogP contribution in [0.1, 0.15) is 13.3 Å². The second-order valence-corrected chi connectivity index (χ2v) is 1.94. The molecule has 1 aliphatic heterocycles.